The summed E-state index contributed by atoms with van der Waals surface area (Å²) in [6, 6.07) is 13.4. The summed E-state index contributed by atoms with van der Waals surface area (Å²) >= 11 is 12.0. The number of nitrogens with two attached hydrogens (primary N) is 1. The summed E-state index contributed by atoms with van der Waals surface area (Å²) in [5, 5.41) is 1.44. The van der Waals surface area contributed by atoms with Crippen LogP contribution in [0.3, 0.4) is 0 Å². The van der Waals surface area contributed by atoms with E-state index in [0.717, 1.165) is 21.7 Å². The lowest BCUT2D eigenvalue weighted by atomic mass is 9.98. The highest BCUT2D eigenvalue weighted by atomic mass is 35.5. The molecule has 2 rings (SSSR count). The quantitative estimate of drug-likeness (QED) is 0.662. The highest BCUT2D eigenvalue weighted by Gasteiger charge is 2.13. The molecular weight excluding hydrogens is 267 g/mol. The monoisotopic (exact) mass is 280 g/mol. The van der Waals surface area contributed by atoms with Crippen LogP contribution in [0, 0.1) is 6.92 Å². The van der Waals surface area contributed by atoms with Crippen molar-refractivity contribution in [1.82, 2.24) is 5.43 Å². The summed E-state index contributed by atoms with van der Waals surface area (Å²) in [5.41, 5.74) is 5.91. The fourth-order valence-corrected chi connectivity index (χ4v) is 2.23. The molecule has 0 aliphatic rings. The van der Waals surface area contributed by atoms with Crippen molar-refractivity contribution in [2.24, 2.45) is 5.84 Å². The van der Waals surface area contributed by atoms with E-state index in [9.17, 15) is 0 Å². The van der Waals surface area contributed by atoms with E-state index < -0.39 is 0 Å². The molecule has 4 heteroatoms. The summed E-state index contributed by atoms with van der Waals surface area (Å²) in [7, 11) is 0. The maximum atomic E-state index is 6.03. The van der Waals surface area contributed by atoms with Crippen molar-refractivity contribution in [2.45, 2.75) is 13.0 Å². The van der Waals surface area contributed by atoms with Crippen molar-refractivity contribution in [1.29, 1.82) is 0 Å². The van der Waals surface area contributed by atoms with Crippen LogP contribution in [0.4, 0.5) is 0 Å². The van der Waals surface area contributed by atoms with Crippen molar-refractivity contribution in [3.8, 4) is 0 Å². The molecular formula is C14H14Cl2N2. The summed E-state index contributed by atoms with van der Waals surface area (Å²) < 4.78 is 0. The van der Waals surface area contributed by atoms with Crippen molar-refractivity contribution in [3.05, 3.63) is 69.2 Å². The van der Waals surface area contributed by atoms with E-state index in [-0.39, 0.29) is 6.04 Å². The zero-order valence-electron chi connectivity index (χ0n) is 9.95. The zero-order chi connectivity index (χ0) is 13.1. The predicted octanol–water partition coefficient (Wildman–Crippen LogP) is 3.85. The highest BCUT2D eigenvalue weighted by molar-refractivity contribution is 6.31. The molecule has 1 atom stereocenters. The molecule has 2 nitrogen and oxygen atoms in total. The minimum absolute atomic E-state index is 0.0975. The van der Waals surface area contributed by atoms with E-state index in [2.05, 4.69) is 5.43 Å². The number of hydrazine groups is 1. The maximum Gasteiger partial charge on any atom is 0.0710 e. The van der Waals surface area contributed by atoms with Gasteiger partial charge >= 0.3 is 0 Å². The van der Waals surface area contributed by atoms with Gasteiger partial charge in [0.05, 0.1) is 6.04 Å². The predicted molar refractivity (Wildman–Crippen MR) is 76.8 cm³/mol. The fraction of sp³-hybridized carbons (Fsp3) is 0.143. The molecule has 1 unspecified atom stereocenters. The molecule has 3 N–H and O–H groups in total. The Kier molecular flexibility index (Phi) is 4.25. The largest absolute Gasteiger partial charge is 0.271 e. The molecule has 0 aliphatic carbocycles. The standard InChI is InChI=1S/C14H14Cl2N2/c1-9-7-11(5-6-13(9)16)14(18-17)10-3-2-4-12(15)8-10/h2-8,14,18H,17H2,1H3. The number of hydrogen-bond acceptors (Lipinski definition) is 2. The molecule has 0 radical (unpaired) electrons. The molecule has 0 saturated carbocycles. The van der Waals surface area contributed by atoms with Gasteiger partial charge in [0.1, 0.15) is 0 Å². The molecule has 2 aromatic rings. The van der Waals surface area contributed by atoms with Gasteiger partial charge in [0.15, 0.2) is 0 Å². The number of benzene rings is 2. The third-order valence-electron chi connectivity index (χ3n) is 2.86. The van der Waals surface area contributed by atoms with Crippen molar-refractivity contribution in [3.63, 3.8) is 0 Å². The van der Waals surface area contributed by atoms with Crippen molar-refractivity contribution in [2.75, 3.05) is 0 Å². The molecule has 0 aromatic heterocycles. The SMILES string of the molecule is Cc1cc(C(NN)c2cccc(Cl)c2)ccc1Cl. The van der Waals surface area contributed by atoms with Gasteiger partial charge in [-0.1, -0.05) is 47.5 Å². The average molecular weight is 281 g/mol. The topological polar surface area (TPSA) is 38.0 Å². The van der Waals surface area contributed by atoms with Crippen LogP contribution in [-0.2, 0) is 0 Å². The van der Waals surface area contributed by atoms with Gasteiger partial charge < -0.3 is 0 Å². The van der Waals surface area contributed by atoms with Gasteiger partial charge in [-0.3, -0.25) is 5.84 Å². The molecule has 0 fully saturated rings. The Morgan fingerprint density at radius 2 is 1.78 bits per heavy atom. The normalized spacial score (nSPS) is 12.4. The van der Waals surface area contributed by atoms with Crippen LogP contribution in [0.1, 0.15) is 22.7 Å². The first-order chi connectivity index (χ1) is 8.61. The van der Waals surface area contributed by atoms with Crippen LogP contribution in [0.5, 0.6) is 0 Å². The van der Waals surface area contributed by atoms with Gasteiger partial charge in [0.25, 0.3) is 0 Å². The van der Waals surface area contributed by atoms with E-state index in [4.69, 9.17) is 29.0 Å². The first kappa shape index (κ1) is 13.4. The summed E-state index contributed by atoms with van der Waals surface area (Å²) in [4.78, 5) is 0. The molecule has 0 aliphatic heterocycles. The number of hydrogen-bond donors (Lipinski definition) is 2. The number of rotatable bonds is 3. The fourth-order valence-electron chi connectivity index (χ4n) is 1.92. The van der Waals surface area contributed by atoms with E-state index in [1.807, 2.05) is 49.4 Å². The summed E-state index contributed by atoms with van der Waals surface area (Å²) in [6.45, 7) is 1.97. The minimum atomic E-state index is -0.0975. The Balaban J connectivity index is 2.42. The smallest absolute Gasteiger partial charge is 0.0710 e. The van der Waals surface area contributed by atoms with Crippen molar-refractivity contribution >= 4 is 23.2 Å². The number of aryl methyl sites for hydroxylation is 1. The molecule has 0 amide bonds. The Morgan fingerprint density at radius 1 is 1.06 bits per heavy atom. The van der Waals surface area contributed by atoms with E-state index >= 15 is 0 Å². The summed E-state index contributed by atoms with van der Waals surface area (Å²) in [6.07, 6.45) is 0. The molecule has 0 spiro atoms. The summed E-state index contributed by atoms with van der Waals surface area (Å²) in [5.74, 6) is 5.65. The molecule has 0 heterocycles. The van der Waals surface area contributed by atoms with Gasteiger partial charge in [-0.25, -0.2) is 5.43 Å². The van der Waals surface area contributed by atoms with Gasteiger partial charge in [0.2, 0.25) is 0 Å². The molecule has 94 valence electrons. The second-order valence-corrected chi connectivity index (χ2v) is 5.01. The van der Waals surface area contributed by atoms with E-state index in [1.54, 1.807) is 0 Å². The molecule has 0 saturated heterocycles. The van der Waals surface area contributed by atoms with Crippen LogP contribution in [-0.4, -0.2) is 0 Å². The lowest BCUT2D eigenvalue weighted by Gasteiger charge is -2.18. The highest BCUT2D eigenvalue weighted by Crippen LogP contribution is 2.26. The van der Waals surface area contributed by atoms with E-state index in [1.165, 1.54) is 0 Å². The van der Waals surface area contributed by atoms with Crippen LogP contribution >= 0.6 is 23.2 Å². The lowest BCUT2D eigenvalue weighted by Crippen LogP contribution is -2.28. The molecule has 0 bridgehead atoms. The van der Waals surface area contributed by atoms with Crippen LogP contribution in [0.25, 0.3) is 0 Å². The Morgan fingerprint density at radius 3 is 2.39 bits per heavy atom. The average Bonchev–Trinajstić information content (AvgIpc) is 2.35. The second-order valence-electron chi connectivity index (χ2n) is 4.16. The van der Waals surface area contributed by atoms with Gasteiger partial charge in [-0.15, -0.1) is 0 Å². The second kappa shape index (κ2) is 5.72. The lowest BCUT2D eigenvalue weighted by molar-refractivity contribution is 0.636. The van der Waals surface area contributed by atoms with E-state index in [0.29, 0.717) is 5.02 Å². The number of halogens is 2. The Hall–Kier alpha value is -1.06. The van der Waals surface area contributed by atoms with Gasteiger partial charge in [-0.05, 0) is 41.8 Å². The zero-order valence-corrected chi connectivity index (χ0v) is 11.5. The maximum absolute atomic E-state index is 6.03. The first-order valence-corrected chi connectivity index (χ1v) is 6.35. The minimum Gasteiger partial charge on any atom is -0.271 e. The Bertz CT molecular complexity index is 555. The van der Waals surface area contributed by atoms with Crippen LogP contribution < -0.4 is 11.3 Å². The Labute approximate surface area is 117 Å². The van der Waals surface area contributed by atoms with Crippen LogP contribution in [0.2, 0.25) is 10.0 Å². The van der Waals surface area contributed by atoms with Crippen LogP contribution in [0.15, 0.2) is 42.5 Å². The number of nitrogens with one attached hydrogen (secondary N) is 1. The van der Waals surface area contributed by atoms with Gasteiger partial charge in [-0.2, -0.15) is 0 Å². The van der Waals surface area contributed by atoms with Gasteiger partial charge in [0, 0.05) is 10.0 Å². The first-order valence-electron chi connectivity index (χ1n) is 5.59. The third-order valence-corrected chi connectivity index (χ3v) is 3.52. The van der Waals surface area contributed by atoms with Crippen molar-refractivity contribution < 1.29 is 0 Å². The molecule has 18 heavy (non-hydrogen) atoms. The third kappa shape index (κ3) is 2.85. The molecule has 2 aromatic carbocycles.